The van der Waals surface area contributed by atoms with Gasteiger partial charge >= 0.3 is 0 Å². The Morgan fingerprint density at radius 2 is 1.70 bits per heavy atom. The van der Waals surface area contributed by atoms with E-state index >= 15 is 0 Å². The number of ether oxygens (including phenoxy) is 1. The highest BCUT2D eigenvalue weighted by Crippen LogP contribution is 2.37. The van der Waals surface area contributed by atoms with Crippen molar-refractivity contribution in [1.29, 1.82) is 0 Å². The highest BCUT2D eigenvalue weighted by molar-refractivity contribution is 5.83. The van der Waals surface area contributed by atoms with Gasteiger partial charge < -0.3 is 4.74 Å². The summed E-state index contributed by atoms with van der Waals surface area (Å²) in [6, 6.07) is 15.1. The summed E-state index contributed by atoms with van der Waals surface area (Å²) in [7, 11) is 1.67. The summed E-state index contributed by atoms with van der Waals surface area (Å²) in [6.07, 6.45) is 8.24. The van der Waals surface area contributed by atoms with Crippen molar-refractivity contribution in [3.05, 3.63) is 65.5 Å². The van der Waals surface area contributed by atoms with Crippen LogP contribution in [0.4, 0.5) is 4.39 Å². The highest BCUT2D eigenvalue weighted by atomic mass is 19.1. The Bertz CT molecular complexity index is 666. The third kappa shape index (κ3) is 3.82. The molecule has 120 valence electrons. The summed E-state index contributed by atoms with van der Waals surface area (Å²) in [4.78, 5) is 0. The molecular weight excluding hydrogens is 287 g/mol. The molecule has 0 spiro atoms. The second kappa shape index (κ2) is 7.45. The molecule has 1 fully saturated rings. The zero-order valence-electron chi connectivity index (χ0n) is 13.6. The summed E-state index contributed by atoms with van der Waals surface area (Å²) in [5, 5.41) is 0. The van der Waals surface area contributed by atoms with Gasteiger partial charge in [-0.15, -0.1) is 0 Å². The van der Waals surface area contributed by atoms with Gasteiger partial charge in [0.1, 0.15) is 11.6 Å². The summed E-state index contributed by atoms with van der Waals surface area (Å²) in [5.74, 6) is 1.20. The van der Waals surface area contributed by atoms with Gasteiger partial charge in [0.05, 0.1) is 7.11 Å². The van der Waals surface area contributed by atoms with Crippen LogP contribution in [0.25, 0.3) is 11.6 Å². The molecule has 2 aromatic carbocycles. The van der Waals surface area contributed by atoms with Crippen LogP contribution in [-0.2, 0) is 0 Å². The van der Waals surface area contributed by atoms with E-state index in [1.54, 1.807) is 13.2 Å². The maximum absolute atomic E-state index is 14.1. The maximum atomic E-state index is 14.1. The van der Waals surface area contributed by atoms with E-state index in [1.165, 1.54) is 49.3 Å². The smallest absolute Gasteiger partial charge is 0.130 e. The lowest BCUT2D eigenvalue weighted by Crippen LogP contribution is -2.08. The first-order chi connectivity index (χ1) is 11.3. The summed E-state index contributed by atoms with van der Waals surface area (Å²) in [6.45, 7) is 0. The largest absolute Gasteiger partial charge is 0.497 e. The van der Waals surface area contributed by atoms with E-state index < -0.39 is 0 Å². The van der Waals surface area contributed by atoms with E-state index in [4.69, 9.17) is 4.74 Å². The van der Waals surface area contributed by atoms with Crippen LogP contribution in [0, 0.1) is 11.7 Å². The first-order valence-corrected chi connectivity index (χ1v) is 8.38. The lowest BCUT2D eigenvalue weighted by Gasteiger charge is -2.25. The predicted octanol–water partition coefficient (Wildman–Crippen LogP) is 5.96. The van der Waals surface area contributed by atoms with Gasteiger partial charge in [-0.1, -0.05) is 49.6 Å². The van der Waals surface area contributed by atoms with E-state index in [1.807, 2.05) is 30.3 Å². The molecule has 1 aliphatic carbocycles. The van der Waals surface area contributed by atoms with Crippen LogP contribution in [0.15, 0.2) is 48.5 Å². The zero-order chi connectivity index (χ0) is 16.1. The molecule has 2 aromatic rings. The van der Waals surface area contributed by atoms with Gasteiger partial charge in [-0.25, -0.2) is 4.39 Å². The Labute approximate surface area is 137 Å². The fourth-order valence-electron chi connectivity index (χ4n) is 3.39. The van der Waals surface area contributed by atoms with Crippen LogP contribution in [0.1, 0.15) is 43.2 Å². The molecule has 0 aromatic heterocycles. The van der Waals surface area contributed by atoms with Crippen molar-refractivity contribution in [2.75, 3.05) is 7.11 Å². The fraction of sp³-hybridized carbons (Fsp3) is 0.333. The van der Waals surface area contributed by atoms with Crippen molar-refractivity contribution in [1.82, 2.24) is 0 Å². The molecule has 0 bridgehead atoms. The Balaban J connectivity index is 2.00. The lowest BCUT2D eigenvalue weighted by molar-refractivity contribution is 0.414. The third-order valence-electron chi connectivity index (χ3n) is 4.68. The second-order valence-electron chi connectivity index (χ2n) is 6.18. The Morgan fingerprint density at radius 3 is 2.35 bits per heavy atom. The molecule has 1 saturated carbocycles. The van der Waals surface area contributed by atoms with Gasteiger partial charge in [0.2, 0.25) is 0 Å². The normalized spacial score (nSPS) is 16.3. The first-order valence-electron chi connectivity index (χ1n) is 8.38. The summed E-state index contributed by atoms with van der Waals surface area (Å²) in [5.41, 5.74) is 3.09. The van der Waals surface area contributed by atoms with Crippen molar-refractivity contribution in [3.8, 4) is 5.75 Å². The number of halogens is 1. The maximum Gasteiger partial charge on any atom is 0.130 e. The van der Waals surface area contributed by atoms with Gasteiger partial charge in [0.25, 0.3) is 0 Å². The molecule has 1 aliphatic rings. The average molecular weight is 310 g/mol. The van der Waals surface area contributed by atoms with Gasteiger partial charge in [-0.05, 0) is 54.2 Å². The Hall–Kier alpha value is -2.09. The molecule has 0 heterocycles. The van der Waals surface area contributed by atoms with Crippen LogP contribution in [0.2, 0.25) is 0 Å². The van der Waals surface area contributed by atoms with Crippen molar-refractivity contribution in [2.45, 2.75) is 32.1 Å². The van der Waals surface area contributed by atoms with Crippen molar-refractivity contribution < 1.29 is 9.13 Å². The average Bonchev–Trinajstić information content (AvgIpc) is 2.62. The number of allylic oxidation sites excluding steroid dienone is 1. The monoisotopic (exact) mass is 310 g/mol. The summed E-state index contributed by atoms with van der Waals surface area (Å²) >= 11 is 0. The van der Waals surface area contributed by atoms with Gasteiger partial charge in [0, 0.05) is 5.56 Å². The molecular formula is C21H23FO. The summed E-state index contributed by atoms with van der Waals surface area (Å²) < 4.78 is 19.3. The molecule has 0 atom stereocenters. The van der Waals surface area contributed by atoms with E-state index in [0.717, 1.165) is 5.75 Å². The van der Waals surface area contributed by atoms with Crippen LogP contribution in [-0.4, -0.2) is 7.11 Å². The number of rotatable bonds is 4. The SMILES string of the molecule is COc1ccc(/C(=C\c2ccccc2F)C2CCCCC2)cc1. The van der Waals surface area contributed by atoms with Gasteiger partial charge in [0.15, 0.2) is 0 Å². The van der Waals surface area contributed by atoms with Crippen LogP contribution >= 0.6 is 0 Å². The van der Waals surface area contributed by atoms with Gasteiger partial charge in [-0.2, -0.15) is 0 Å². The van der Waals surface area contributed by atoms with Gasteiger partial charge in [-0.3, -0.25) is 0 Å². The number of hydrogen-bond acceptors (Lipinski definition) is 1. The molecule has 23 heavy (non-hydrogen) atoms. The lowest BCUT2D eigenvalue weighted by atomic mass is 9.80. The van der Waals surface area contributed by atoms with Crippen LogP contribution in [0.3, 0.4) is 0 Å². The first kappa shape index (κ1) is 15.8. The molecule has 0 aliphatic heterocycles. The minimum Gasteiger partial charge on any atom is -0.497 e. The number of benzene rings is 2. The molecule has 1 nitrogen and oxygen atoms in total. The standard InChI is InChI=1S/C21H23FO/c1-23-19-13-11-17(12-14-19)20(16-7-3-2-4-8-16)15-18-9-5-6-10-21(18)22/h5-6,9-16H,2-4,7-8H2,1H3/b20-15-. The highest BCUT2D eigenvalue weighted by Gasteiger charge is 2.19. The molecule has 0 N–H and O–H groups in total. The molecule has 3 rings (SSSR count). The van der Waals surface area contributed by atoms with Crippen molar-refractivity contribution in [2.24, 2.45) is 5.92 Å². The zero-order valence-corrected chi connectivity index (χ0v) is 13.6. The van der Waals surface area contributed by atoms with E-state index in [2.05, 4.69) is 12.1 Å². The topological polar surface area (TPSA) is 9.23 Å². The minimum absolute atomic E-state index is 0.158. The van der Waals surface area contributed by atoms with Crippen LogP contribution in [0.5, 0.6) is 5.75 Å². The quantitative estimate of drug-likeness (QED) is 0.633. The molecule has 0 unspecified atom stereocenters. The van der Waals surface area contributed by atoms with E-state index in [0.29, 0.717) is 11.5 Å². The molecule has 0 amide bonds. The molecule has 0 saturated heterocycles. The van der Waals surface area contributed by atoms with Crippen molar-refractivity contribution >= 4 is 11.6 Å². The fourth-order valence-corrected chi connectivity index (χ4v) is 3.39. The van der Waals surface area contributed by atoms with E-state index in [9.17, 15) is 4.39 Å². The Morgan fingerprint density at radius 1 is 1.00 bits per heavy atom. The van der Waals surface area contributed by atoms with Crippen molar-refractivity contribution in [3.63, 3.8) is 0 Å². The third-order valence-corrected chi connectivity index (χ3v) is 4.68. The molecule has 0 radical (unpaired) electrons. The second-order valence-corrected chi connectivity index (χ2v) is 6.18. The Kier molecular flexibility index (Phi) is 5.12. The number of hydrogen-bond donors (Lipinski definition) is 0. The van der Waals surface area contributed by atoms with Crippen LogP contribution < -0.4 is 4.74 Å². The number of methoxy groups -OCH3 is 1. The van der Waals surface area contributed by atoms with E-state index in [-0.39, 0.29) is 5.82 Å². The minimum atomic E-state index is -0.158. The molecule has 2 heteroatoms. The predicted molar refractivity (Wildman–Crippen MR) is 93.8 cm³/mol.